The van der Waals surface area contributed by atoms with Gasteiger partial charge in [0.25, 0.3) is 0 Å². The molecule has 98 valence electrons. The molecular weight excluding hydrogens is 232 g/mol. The van der Waals surface area contributed by atoms with E-state index < -0.39 is 0 Å². The van der Waals surface area contributed by atoms with Crippen molar-refractivity contribution in [1.82, 2.24) is 0 Å². The van der Waals surface area contributed by atoms with Gasteiger partial charge >= 0.3 is 0 Å². The molecule has 2 nitrogen and oxygen atoms in total. The summed E-state index contributed by atoms with van der Waals surface area (Å²) in [4.78, 5) is -0.111. The van der Waals surface area contributed by atoms with Crippen LogP contribution in [0.5, 0.6) is 0 Å². The van der Waals surface area contributed by atoms with Gasteiger partial charge in [-0.3, -0.25) is 0 Å². The Hall–Kier alpha value is 0.0100. The van der Waals surface area contributed by atoms with E-state index >= 15 is 0 Å². The smallest absolute Gasteiger partial charge is 0.135 e. The summed E-state index contributed by atoms with van der Waals surface area (Å²) in [5.41, 5.74) is 2.42. The molecule has 17 heavy (non-hydrogen) atoms. The SMILES string of the molecule is CC1=C([C@H](O)C(C)(C)C)CCC[C@]12OCCS2. The van der Waals surface area contributed by atoms with Gasteiger partial charge < -0.3 is 9.84 Å². The zero-order chi connectivity index (χ0) is 12.7. The molecule has 0 amide bonds. The molecule has 2 aliphatic rings. The summed E-state index contributed by atoms with van der Waals surface area (Å²) in [6, 6.07) is 0. The standard InChI is InChI=1S/C14H24O2S/c1-10-11(12(15)13(2,3)4)6-5-7-14(10)16-8-9-17-14/h12,15H,5-9H2,1-4H3/t12-,14+/m0/s1. The summed E-state index contributed by atoms with van der Waals surface area (Å²) < 4.78 is 5.98. The van der Waals surface area contributed by atoms with Crippen LogP contribution in [0.25, 0.3) is 0 Å². The van der Waals surface area contributed by atoms with Crippen LogP contribution in [0.2, 0.25) is 0 Å². The number of ether oxygens (including phenoxy) is 1. The van der Waals surface area contributed by atoms with Crippen LogP contribution in [0.3, 0.4) is 0 Å². The number of thioether (sulfide) groups is 1. The fraction of sp³-hybridized carbons (Fsp3) is 0.857. The Balaban J connectivity index is 2.32. The lowest BCUT2D eigenvalue weighted by atomic mass is 9.77. The monoisotopic (exact) mass is 256 g/mol. The molecule has 1 N–H and O–H groups in total. The van der Waals surface area contributed by atoms with E-state index in [4.69, 9.17) is 4.74 Å². The van der Waals surface area contributed by atoms with E-state index in [9.17, 15) is 5.11 Å². The van der Waals surface area contributed by atoms with Crippen LogP contribution in [-0.4, -0.2) is 28.5 Å². The van der Waals surface area contributed by atoms with Crippen molar-refractivity contribution in [2.45, 2.75) is 58.0 Å². The highest BCUT2D eigenvalue weighted by Gasteiger charge is 2.43. The fourth-order valence-corrected chi connectivity index (χ4v) is 4.11. The fourth-order valence-electron chi connectivity index (χ4n) is 2.81. The van der Waals surface area contributed by atoms with Crippen molar-refractivity contribution in [1.29, 1.82) is 0 Å². The lowest BCUT2D eigenvalue weighted by Gasteiger charge is -2.39. The average molecular weight is 256 g/mol. The maximum atomic E-state index is 10.5. The van der Waals surface area contributed by atoms with E-state index in [1.165, 1.54) is 11.1 Å². The van der Waals surface area contributed by atoms with Gasteiger partial charge in [-0.05, 0) is 42.7 Å². The van der Waals surface area contributed by atoms with E-state index in [1.54, 1.807) is 0 Å². The molecule has 0 aromatic heterocycles. The molecule has 2 atom stereocenters. The van der Waals surface area contributed by atoms with E-state index in [1.807, 2.05) is 11.8 Å². The molecule has 2 rings (SSSR count). The number of aliphatic hydroxyl groups is 1. The number of hydrogen-bond acceptors (Lipinski definition) is 3. The van der Waals surface area contributed by atoms with Crippen molar-refractivity contribution in [3.63, 3.8) is 0 Å². The van der Waals surface area contributed by atoms with Crippen LogP contribution < -0.4 is 0 Å². The summed E-state index contributed by atoms with van der Waals surface area (Å²) in [5.74, 6) is 1.08. The van der Waals surface area contributed by atoms with Crippen LogP contribution in [0.4, 0.5) is 0 Å². The number of aliphatic hydroxyl groups excluding tert-OH is 1. The Morgan fingerprint density at radius 2 is 2.12 bits per heavy atom. The van der Waals surface area contributed by atoms with Gasteiger partial charge in [-0.25, -0.2) is 0 Å². The third-order valence-electron chi connectivity index (χ3n) is 3.91. The van der Waals surface area contributed by atoms with Gasteiger partial charge in [-0.2, -0.15) is 0 Å². The molecule has 0 bridgehead atoms. The Kier molecular flexibility index (Phi) is 3.64. The molecule has 1 heterocycles. The Morgan fingerprint density at radius 1 is 1.41 bits per heavy atom. The molecule has 3 heteroatoms. The zero-order valence-corrected chi connectivity index (χ0v) is 12.2. The van der Waals surface area contributed by atoms with E-state index in [0.717, 1.165) is 31.6 Å². The highest BCUT2D eigenvalue weighted by Crippen LogP contribution is 2.49. The van der Waals surface area contributed by atoms with Crippen molar-refractivity contribution in [2.75, 3.05) is 12.4 Å². The highest BCUT2D eigenvalue weighted by molar-refractivity contribution is 8.00. The summed E-state index contributed by atoms with van der Waals surface area (Å²) in [7, 11) is 0. The Bertz CT molecular complexity index is 322. The topological polar surface area (TPSA) is 29.5 Å². The molecule has 0 saturated carbocycles. The third-order valence-corrected chi connectivity index (χ3v) is 5.37. The third kappa shape index (κ3) is 2.42. The second kappa shape index (κ2) is 4.60. The molecule has 1 fully saturated rings. The summed E-state index contributed by atoms with van der Waals surface area (Å²) in [5, 5.41) is 10.5. The Labute approximate surface area is 109 Å². The highest BCUT2D eigenvalue weighted by atomic mass is 32.2. The van der Waals surface area contributed by atoms with Gasteiger partial charge in [0, 0.05) is 5.75 Å². The molecule has 0 radical (unpaired) electrons. The maximum Gasteiger partial charge on any atom is 0.135 e. The zero-order valence-electron chi connectivity index (χ0n) is 11.4. The largest absolute Gasteiger partial charge is 0.388 e. The summed E-state index contributed by atoms with van der Waals surface area (Å²) in [6.45, 7) is 9.30. The van der Waals surface area contributed by atoms with Crippen molar-refractivity contribution in [2.24, 2.45) is 5.41 Å². The minimum atomic E-state index is -0.343. The first kappa shape index (κ1) is 13.4. The summed E-state index contributed by atoms with van der Waals surface area (Å²) >= 11 is 1.91. The second-order valence-electron chi connectivity index (χ2n) is 6.22. The lowest BCUT2D eigenvalue weighted by molar-refractivity contribution is 0.0500. The van der Waals surface area contributed by atoms with Gasteiger partial charge in [0.2, 0.25) is 0 Å². The van der Waals surface area contributed by atoms with Crippen LogP contribution in [0.1, 0.15) is 47.0 Å². The first-order chi connectivity index (χ1) is 7.87. The second-order valence-corrected chi connectivity index (χ2v) is 7.58. The molecule has 0 aromatic carbocycles. The van der Waals surface area contributed by atoms with E-state index in [-0.39, 0.29) is 16.5 Å². The predicted octanol–water partition coefficient (Wildman–Crippen LogP) is 3.35. The van der Waals surface area contributed by atoms with Gasteiger partial charge in [0.15, 0.2) is 0 Å². The van der Waals surface area contributed by atoms with Gasteiger partial charge in [-0.15, -0.1) is 11.8 Å². The predicted molar refractivity (Wildman–Crippen MR) is 73.2 cm³/mol. The molecule has 1 aliphatic heterocycles. The van der Waals surface area contributed by atoms with Gasteiger partial charge in [-0.1, -0.05) is 20.8 Å². The molecule has 0 unspecified atom stereocenters. The molecule has 1 aliphatic carbocycles. The quantitative estimate of drug-likeness (QED) is 0.730. The molecule has 1 spiro atoms. The first-order valence-corrected chi connectivity index (χ1v) is 7.51. The average Bonchev–Trinajstić information content (AvgIpc) is 2.70. The molecule has 0 aromatic rings. The normalized spacial score (nSPS) is 32.3. The first-order valence-electron chi connectivity index (χ1n) is 6.53. The van der Waals surface area contributed by atoms with Crippen LogP contribution in [0, 0.1) is 5.41 Å². The minimum absolute atomic E-state index is 0.0849. The molecular formula is C14H24O2S. The van der Waals surface area contributed by atoms with Crippen LogP contribution in [-0.2, 0) is 4.74 Å². The minimum Gasteiger partial charge on any atom is -0.388 e. The Morgan fingerprint density at radius 3 is 2.65 bits per heavy atom. The lowest BCUT2D eigenvalue weighted by Crippen LogP contribution is -2.36. The summed E-state index contributed by atoms with van der Waals surface area (Å²) in [6.07, 6.45) is 2.91. The van der Waals surface area contributed by atoms with Crippen LogP contribution in [0.15, 0.2) is 11.1 Å². The molecule has 1 saturated heterocycles. The van der Waals surface area contributed by atoms with Crippen molar-refractivity contribution in [3.05, 3.63) is 11.1 Å². The van der Waals surface area contributed by atoms with Gasteiger partial charge in [0.1, 0.15) is 4.93 Å². The number of rotatable bonds is 1. The van der Waals surface area contributed by atoms with E-state index in [2.05, 4.69) is 27.7 Å². The van der Waals surface area contributed by atoms with E-state index in [0.29, 0.717) is 0 Å². The van der Waals surface area contributed by atoms with Crippen molar-refractivity contribution < 1.29 is 9.84 Å². The maximum absolute atomic E-state index is 10.5. The number of hydrogen-bond donors (Lipinski definition) is 1. The van der Waals surface area contributed by atoms with Gasteiger partial charge in [0.05, 0.1) is 12.7 Å². The van der Waals surface area contributed by atoms with Crippen molar-refractivity contribution >= 4 is 11.8 Å². The van der Waals surface area contributed by atoms with Crippen molar-refractivity contribution in [3.8, 4) is 0 Å². The van der Waals surface area contributed by atoms with Crippen LogP contribution >= 0.6 is 11.8 Å².